The quantitative estimate of drug-likeness (QED) is 0.222. The molecule has 0 N–H and O–H groups in total. The second-order valence-corrected chi connectivity index (χ2v) is 9.27. The highest BCUT2D eigenvalue weighted by Gasteiger charge is 2.26. The molecule has 0 bridgehead atoms. The summed E-state index contributed by atoms with van der Waals surface area (Å²) in [4.78, 5) is 18.0. The van der Waals surface area contributed by atoms with Crippen molar-refractivity contribution in [2.45, 2.75) is 31.8 Å². The number of carbonyl (C=O) groups excluding carboxylic acids is 1. The van der Waals surface area contributed by atoms with E-state index in [1.54, 1.807) is 29.2 Å². The molecule has 1 heterocycles. The summed E-state index contributed by atoms with van der Waals surface area (Å²) in [5.41, 5.74) is 2.66. The third-order valence-corrected chi connectivity index (χ3v) is 6.75. The molecule has 0 saturated carbocycles. The lowest BCUT2D eigenvalue weighted by Crippen LogP contribution is -2.49. The average molecular weight is 549 g/mol. The first-order chi connectivity index (χ1) is 18.4. The fourth-order valence-corrected chi connectivity index (χ4v) is 4.66. The fourth-order valence-electron chi connectivity index (χ4n) is 4.22. The molecule has 0 aromatic heterocycles. The maximum Gasteiger partial charge on any atom is 0.261 e. The number of halogens is 4. The minimum Gasteiger partial charge on any atom is -0.371 e. The van der Waals surface area contributed by atoms with Crippen LogP contribution < -0.4 is 4.90 Å². The van der Waals surface area contributed by atoms with Crippen molar-refractivity contribution >= 4 is 23.4 Å². The van der Waals surface area contributed by atoms with E-state index in [0.717, 1.165) is 4.90 Å². The van der Waals surface area contributed by atoms with Gasteiger partial charge in [0.2, 0.25) is 0 Å². The summed E-state index contributed by atoms with van der Waals surface area (Å²) in [6, 6.07) is 16.3. The average Bonchev–Trinajstić information content (AvgIpc) is 2.93. The van der Waals surface area contributed by atoms with Crippen LogP contribution in [0.4, 0.5) is 23.2 Å². The van der Waals surface area contributed by atoms with Crippen molar-refractivity contribution in [3.63, 3.8) is 0 Å². The number of anilines is 1. The van der Waals surface area contributed by atoms with E-state index in [4.69, 9.17) is 4.74 Å². The Balaban J connectivity index is 0.00000195. The predicted octanol–water partition coefficient (Wildman–Crippen LogP) is 7.12. The van der Waals surface area contributed by atoms with E-state index in [-0.39, 0.29) is 18.3 Å². The van der Waals surface area contributed by atoms with E-state index in [0.29, 0.717) is 54.1 Å². The third kappa shape index (κ3) is 7.51. The van der Waals surface area contributed by atoms with Crippen molar-refractivity contribution in [2.75, 3.05) is 43.9 Å². The van der Waals surface area contributed by atoms with Gasteiger partial charge in [0, 0.05) is 36.6 Å². The Hall–Kier alpha value is -3.04. The van der Waals surface area contributed by atoms with Crippen molar-refractivity contribution < 1.29 is 27.1 Å². The summed E-state index contributed by atoms with van der Waals surface area (Å²) in [7, 11) is 0. The molecule has 0 unspecified atom stereocenters. The van der Waals surface area contributed by atoms with Crippen LogP contribution in [0.1, 0.15) is 29.8 Å². The van der Waals surface area contributed by atoms with Crippen molar-refractivity contribution in [1.29, 1.82) is 0 Å². The summed E-state index contributed by atoms with van der Waals surface area (Å²) in [6.07, 6.45) is -0.643. The normalized spacial score (nSPS) is 13.4. The van der Waals surface area contributed by atoms with E-state index in [2.05, 4.69) is 0 Å². The zero-order valence-corrected chi connectivity index (χ0v) is 22.5. The highest BCUT2D eigenvalue weighted by atomic mass is 32.2. The number of alkyl halides is 2. The molecule has 4 nitrogen and oxygen atoms in total. The molecule has 0 radical (unpaired) electrons. The molecule has 204 valence electrons. The standard InChI is InChI=1S/C27H26F4N2O2S.C2H6/c1-36-21-6-7-22(19-3-2-4-20(28)14-19)23(15-21)27(34)33-11-9-32(10-12-33)25-8-5-18(13-24(25)29)16-35-17-26(30)31;1-2/h2-8,13-15,26H,9-12,16-17H2,1H3;1-2H3. The largest absolute Gasteiger partial charge is 0.371 e. The van der Waals surface area contributed by atoms with Gasteiger partial charge in [-0.15, -0.1) is 11.8 Å². The molecule has 38 heavy (non-hydrogen) atoms. The lowest BCUT2D eigenvalue weighted by atomic mass is 9.98. The van der Waals surface area contributed by atoms with Gasteiger partial charge in [-0.05, 0) is 59.3 Å². The zero-order valence-electron chi connectivity index (χ0n) is 21.7. The first-order valence-electron chi connectivity index (χ1n) is 12.5. The van der Waals surface area contributed by atoms with Crippen LogP contribution in [0.2, 0.25) is 0 Å². The van der Waals surface area contributed by atoms with Gasteiger partial charge in [0.15, 0.2) is 0 Å². The molecular weight excluding hydrogens is 516 g/mol. The molecule has 9 heteroatoms. The van der Waals surface area contributed by atoms with Crippen LogP contribution in [-0.4, -0.2) is 56.3 Å². The lowest BCUT2D eigenvalue weighted by molar-refractivity contribution is 0.00982. The number of amides is 1. The van der Waals surface area contributed by atoms with Crippen LogP contribution in [0.25, 0.3) is 11.1 Å². The molecule has 0 atom stereocenters. The molecule has 1 aliphatic heterocycles. The van der Waals surface area contributed by atoms with Gasteiger partial charge < -0.3 is 14.5 Å². The Kier molecular flexibility index (Phi) is 11.0. The molecule has 3 aromatic rings. The summed E-state index contributed by atoms with van der Waals surface area (Å²) >= 11 is 1.52. The van der Waals surface area contributed by atoms with Crippen LogP contribution in [0.15, 0.2) is 65.6 Å². The molecule has 0 spiro atoms. The predicted molar refractivity (Wildman–Crippen MR) is 145 cm³/mol. The Labute approximate surface area is 225 Å². The van der Waals surface area contributed by atoms with E-state index in [1.165, 1.54) is 30.0 Å². The maximum absolute atomic E-state index is 14.7. The van der Waals surface area contributed by atoms with Crippen molar-refractivity contribution in [1.82, 2.24) is 4.90 Å². The van der Waals surface area contributed by atoms with Gasteiger partial charge >= 0.3 is 0 Å². The molecule has 1 aliphatic rings. The second kappa shape index (κ2) is 14.2. The minimum atomic E-state index is -2.57. The van der Waals surface area contributed by atoms with E-state index in [1.807, 2.05) is 43.2 Å². The molecule has 4 rings (SSSR count). The van der Waals surface area contributed by atoms with Gasteiger partial charge in [-0.2, -0.15) is 0 Å². The Morgan fingerprint density at radius 3 is 2.34 bits per heavy atom. The summed E-state index contributed by atoms with van der Waals surface area (Å²) in [5.74, 6) is -0.993. The van der Waals surface area contributed by atoms with Crippen LogP contribution >= 0.6 is 11.8 Å². The van der Waals surface area contributed by atoms with Crippen LogP contribution in [0.5, 0.6) is 0 Å². The Morgan fingerprint density at radius 1 is 0.974 bits per heavy atom. The third-order valence-electron chi connectivity index (χ3n) is 6.02. The first-order valence-corrected chi connectivity index (χ1v) is 13.7. The Bertz CT molecular complexity index is 1220. The summed E-state index contributed by atoms with van der Waals surface area (Å²) < 4.78 is 57.9. The van der Waals surface area contributed by atoms with Crippen molar-refractivity contribution in [3.05, 3.63) is 83.4 Å². The number of piperazine rings is 1. The fraction of sp³-hybridized carbons (Fsp3) is 0.345. The molecule has 1 fully saturated rings. The van der Waals surface area contributed by atoms with Gasteiger partial charge in [0.05, 0.1) is 12.3 Å². The Morgan fingerprint density at radius 2 is 1.71 bits per heavy atom. The SMILES string of the molecule is CC.CSc1ccc(-c2cccc(F)c2)c(C(=O)N2CCN(c3ccc(COCC(F)F)cc3F)CC2)c1. The monoisotopic (exact) mass is 548 g/mol. The van der Waals surface area contributed by atoms with Gasteiger partial charge in [0.1, 0.15) is 18.2 Å². The molecule has 0 aliphatic carbocycles. The zero-order chi connectivity index (χ0) is 27.7. The van der Waals surface area contributed by atoms with E-state index < -0.39 is 18.8 Å². The van der Waals surface area contributed by atoms with Gasteiger partial charge in [-0.25, -0.2) is 17.6 Å². The number of ether oxygens (including phenoxy) is 1. The topological polar surface area (TPSA) is 32.8 Å². The second-order valence-electron chi connectivity index (χ2n) is 8.39. The number of thioether (sulfide) groups is 1. The summed E-state index contributed by atoms with van der Waals surface area (Å²) in [6.45, 7) is 4.86. The van der Waals surface area contributed by atoms with E-state index >= 15 is 0 Å². The highest BCUT2D eigenvalue weighted by Crippen LogP contribution is 2.30. The number of nitrogens with zero attached hydrogens (tertiary/aromatic N) is 2. The van der Waals surface area contributed by atoms with Gasteiger partial charge in [-0.3, -0.25) is 4.79 Å². The number of rotatable bonds is 8. The first kappa shape index (κ1) is 29.5. The maximum atomic E-state index is 14.7. The molecular formula is C29H32F4N2O2S. The highest BCUT2D eigenvalue weighted by molar-refractivity contribution is 7.98. The van der Waals surface area contributed by atoms with Crippen molar-refractivity contribution in [3.8, 4) is 11.1 Å². The van der Waals surface area contributed by atoms with Crippen LogP contribution in [0.3, 0.4) is 0 Å². The number of benzene rings is 3. The van der Waals surface area contributed by atoms with Gasteiger partial charge in [-0.1, -0.05) is 38.1 Å². The number of carbonyl (C=O) groups is 1. The van der Waals surface area contributed by atoms with Crippen LogP contribution in [-0.2, 0) is 11.3 Å². The number of hydrogen-bond donors (Lipinski definition) is 0. The summed E-state index contributed by atoms with van der Waals surface area (Å²) in [5, 5.41) is 0. The van der Waals surface area contributed by atoms with Gasteiger partial charge in [0.25, 0.3) is 12.3 Å². The smallest absolute Gasteiger partial charge is 0.261 e. The number of hydrogen-bond acceptors (Lipinski definition) is 4. The van der Waals surface area contributed by atoms with E-state index in [9.17, 15) is 22.4 Å². The van der Waals surface area contributed by atoms with Crippen molar-refractivity contribution in [2.24, 2.45) is 0 Å². The molecule has 3 aromatic carbocycles. The molecule has 1 amide bonds. The molecule has 1 saturated heterocycles. The van der Waals surface area contributed by atoms with Crippen LogP contribution in [0, 0.1) is 11.6 Å². The lowest BCUT2D eigenvalue weighted by Gasteiger charge is -2.36. The minimum absolute atomic E-state index is 0.0907.